The molecule has 39 heavy (non-hydrogen) atoms. The van der Waals surface area contributed by atoms with Gasteiger partial charge in [-0.05, 0) is 45.9 Å². The number of nitrogens with zero attached hydrogens (tertiary/aromatic N) is 3. The van der Waals surface area contributed by atoms with E-state index >= 15 is 0 Å². The van der Waals surface area contributed by atoms with Gasteiger partial charge in [-0.2, -0.15) is 18.3 Å². The molecule has 3 rings (SSSR count). The third kappa shape index (κ3) is 6.33. The molecule has 1 aliphatic heterocycles. The van der Waals surface area contributed by atoms with Crippen LogP contribution in [0.4, 0.5) is 29.3 Å². The van der Waals surface area contributed by atoms with Gasteiger partial charge in [0.15, 0.2) is 10.8 Å². The summed E-state index contributed by atoms with van der Waals surface area (Å²) in [5, 5.41) is 25.2. The van der Waals surface area contributed by atoms with E-state index in [1.54, 1.807) is 6.92 Å². The number of carbonyl (C=O) groups is 2. The molecular formula is C22H26ClF3N4O8S. The molecule has 12 nitrogen and oxygen atoms in total. The lowest BCUT2D eigenvalue weighted by Gasteiger charge is -2.37. The lowest BCUT2D eigenvalue weighted by Crippen LogP contribution is -2.48. The number of carboxylic acids is 1. The number of carboxylic acid groups (broad SMARTS) is 1. The number of aliphatic carboxylic acids is 1. The number of rotatable bonds is 8. The fraction of sp³-hybridized carbons (Fsp3) is 0.500. The molecule has 216 valence electrons. The minimum Gasteiger partial charge on any atom is -0.486 e. The zero-order valence-corrected chi connectivity index (χ0v) is 22.7. The molecule has 1 aromatic carbocycles. The maximum absolute atomic E-state index is 13.7. The van der Waals surface area contributed by atoms with Crippen molar-refractivity contribution in [3.8, 4) is 5.75 Å². The van der Waals surface area contributed by atoms with E-state index in [2.05, 4.69) is 15.2 Å². The Bertz CT molecular complexity index is 1380. The molecular weight excluding hydrogens is 573 g/mol. The molecule has 1 aromatic heterocycles. The summed E-state index contributed by atoms with van der Waals surface area (Å²) in [6.45, 7) is 3.86. The van der Waals surface area contributed by atoms with Crippen LogP contribution in [0.25, 0.3) is 0 Å². The SMILES string of the molecule is CCn1cc(S(=O)(=O)N2CC(CC(C)(O)C(=O)O)Oc3ccc(NC(=O)OC(C)(C)C(F)(F)F)cc32)c(Cl)n1. The minimum absolute atomic E-state index is 0.0791. The number of hydrogen-bond acceptors (Lipinski definition) is 8. The van der Waals surface area contributed by atoms with E-state index < -0.39 is 58.5 Å². The van der Waals surface area contributed by atoms with E-state index in [1.807, 2.05) is 0 Å². The molecule has 2 heterocycles. The first-order valence-corrected chi connectivity index (χ1v) is 13.2. The molecule has 0 bridgehead atoms. The van der Waals surface area contributed by atoms with Crippen LogP contribution in [0.1, 0.15) is 34.1 Å². The van der Waals surface area contributed by atoms with Crippen LogP contribution < -0.4 is 14.4 Å². The highest BCUT2D eigenvalue weighted by atomic mass is 35.5. The number of halogens is 4. The molecule has 2 aromatic rings. The van der Waals surface area contributed by atoms with Crippen molar-refractivity contribution in [3.63, 3.8) is 0 Å². The second-order valence-corrected chi connectivity index (χ2v) is 11.6. The number of sulfonamides is 1. The Hall–Kier alpha value is -3.24. The van der Waals surface area contributed by atoms with Gasteiger partial charge >= 0.3 is 18.2 Å². The Morgan fingerprint density at radius 1 is 1.28 bits per heavy atom. The van der Waals surface area contributed by atoms with Gasteiger partial charge in [-0.15, -0.1) is 0 Å². The molecule has 1 amide bonds. The van der Waals surface area contributed by atoms with Gasteiger partial charge in [0.1, 0.15) is 16.7 Å². The first kappa shape index (κ1) is 30.3. The smallest absolute Gasteiger partial charge is 0.427 e. The minimum atomic E-state index is -4.85. The highest BCUT2D eigenvalue weighted by Gasteiger charge is 2.51. The number of aromatic nitrogens is 2. The molecule has 17 heteroatoms. The lowest BCUT2D eigenvalue weighted by molar-refractivity contribution is -0.242. The number of fused-ring (bicyclic) bond motifs is 1. The van der Waals surface area contributed by atoms with E-state index in [0.29, 0.717) is 20.4 Å². The molecule has 0 saturated heterocycles. The van der Waals surface area contributed by atoms with Gasteiger partial charge in [-0.3, -0.25) is 14.3 Å². The second-order valence-electron chi connectivity index (χ2n) is 9.40. The molecule has 1 aliphatic rings. The van der Waals surface area contributed by atoms with Gasteiger partial charge in [0.2, 0.25) is 5.60 Å². The standard InChI is InChI=1S/C22H26ClF3N4O8S/c1-5-29-11-16(17(23)28-29)39(35,36)30-10-13(9-21(4,34)18(31)32)37-15-7-6-12(8-14(15)30)27-19(33)38-20(2,3)22(24,25)26/h6-8,11,13,34H,5,9-10H2,1-4H3,(H,27,33)(H,31,32). The van der Waals surface area contributed by atoms with Crippen LogP contribution in [-0.2, 0) is 26.1 Å². The summed E-state index contributed by atoms with van der Waals surface area (Å²) in [6.07, 6.45) is -6.77. The Morgan fingerprint density at radius 2 is 1.92 bits per heavy atom. The Morgan fingerprint density at radius 3 is 2.46 bits per heavy atom. The summed E-state index contributed by atoms with van der Waals surface area (Å²) in [5.41, 5.74) is -5.35. The fourth-order valence-corrected chi connectivity index (χ4v) is 5.47. The summed E-state index contributed by atoms with van der Waals surface area (Å²) in [5.74, 6) is -1.64. The van der Waals surface area contributed by atoms with Crippen molar-refractivity contribution < 1.29 is 50.9 Å². The second kappa shape index (κ2) is 10.4. The molecule has 2 unspecified atom stereocenters. The maximum Gasteiger partial charge on any atom is 0.427 e. The van der Waals surface area contributed by atoms with Crippen molar-refractivity contribution in [3.05, 3.63) is 29.5 Å². The average Bonchev–Trinajstić information content (AvgIpc) is 3.18. The molecule has 3 N–H and O–H groups in total. The van der Waals surface area contributed by atoms with Crippen molar-refractivity contribution in [2.45, 2.75) is 69.0 Å². The van der Waals surface area contributed by atoms with E-state index in [9.17, 15) is 41.4 Å². The van der Waals surface area contributed by atoms with Crippen molar-refractivity contribution >= 4 is 45.1 Å². The molecule has 0 spiro atoms. The van der Waals surface area contributed by atoms with Gasteiger partial charge < -0.3 is 19.7 Å². The number of nitrogens with one attached hydrogen (secondary N) is 1. The summed E-state index contributed by atoms with van der Waals surface area (Å²) >= 11 is 6.09. The van der Waals surface area contributed by atoms with Gasteiger partial charge in [-0.1, -0.05) is 11.6 Å². The Balaban J connectivity index is 2.02. The van der Waals surface area contributed by atoms with Crippen LogP contribution >= 0.6 is 11.6 Å². The largest absolute Gasteiger partial charge is 0.486 e. The number of hydrogen-bond donors (Lipinski definition) is 3. The number of aryl methyl sites for hydroxylation is 1. The van der Waals surface area contributed by atoms with E-state index in [4.69, 9.17) is 16.3 Å². The third-order valence-electron chi connectivity index (χ3n) is 5.83. The summed E-state index contributed by atoms with van der Waals surface area (Å²) in [4.78, 5) is 23.2. The number of anilines is 2. The number of benzene rings is 1. The van der Waals surface area contributed by atoms with Crippen LogP contribution in [-0.4, -0.2) is 70.5 Å². The number of amides is 1. The van der Waals surface area contributed by atoms with Crippen molar-refractivity contribution in [2.24, 2.45) is 0 Å². The molecule has 0 aliphatic carbocycles. The van der Waals surface area contributed by atoms with Crippen molar-refractivity contribution in [1.82, 2.24) is 9.78 Å². The first-order valence-electron chi connectivity index (χ1n) is 11.4. The van der Waals surface area contributed by atoms with E-state index in [-0.39, 0.29) is 27.2 Å². The summed E-state index contributed by atoms with van der Waals surface area (Å²) < 4.78 is 79.0. The van der Waals surface area contributed by atoms with Crippen LogP contribution in [0.2, 0.25) is 5.15 Å². The van der Waals surface area contributed by atoms with Crippen LogP contribution in [0.3, 0.4) is 0 Å². The third-order valence-corrected chi connectivity index (χ3v) is 8.00. The van der Waals surface area contributed by atoms with E-state index in [0.717, 1.165) is 17.3 Å². The lowest BCUT2D eigenvalue weighted by atomic mass is 9.98. The summed E-state index contributed by atoms with van der Waals surface area (Å²) in [6, 6.07) is 3.56. The van der Waals surface area contributed by atoms with Gasteiger partial charge in [0, 0.05) is 24.8 Å². The van der Waals surface area contributed by atoms with Crippen LogP contribution in [0.5, 0.6) is 5.75 Å². The number of aliphatic hydroxyl groups is 1. The average molecular weight is 599 g/mol. The zero-order chi connectivity index (χ0) is 29.6. The van der Waals surface area contributed by atoms with Crippen LogP contribution in [0.15, 0.2) is 29.3 Å². The molecule has 0 saturated carbocycles. The van der Waals surface area contributed by atoms with Crippen molar-refractivity contribution in [1.29, 1.82) is 0 Å². The van der Waals surface area contributed by atoms with Crippen LogP contribution in [0, 0.1) is 0 Å². The Labute approximate surface area is 226 Å². The normalized spacial score (nSPS) is 17.6. The number of carbonyl (C=O) groups excluding carboxylic acids is 1. The van der Waals surface area contributed by atoms with Gasteiger partial charge in [0.25, 0.3) is 10.0 Å². The molecule has 0 fully saturated rings. The molecule has 0 radical (unpaired) electrons. The summed E-state index contributed by atoms with van der Waals surface area (Å²) in [7, 11) is -4.48. The highest BCUT2D eigenvalue weighted by molar-refractivity contribution is 7.93. The van der Waals surface area contributed by atoms with E-state index in [1.165, 1.54) is 23.0 Å². The quantitative estimate of drug-likeness (QED) is 0.412. The Kier molecular flexibility index (Phi) is 8.07. The van der Waals surface area contributed by atoms with Gasteiger partial charge in [0.05, 0.1) is 12.2 Å². The maximum atomic E-state index is 13.7. The monoisotopic (exact) mass is 598 g/mol. The predicted octanol–water partition coefficient (Wildman–Crippen LogP) is 3.63. The number of ether oxygens (including phenoxy) is 2. The fourth-order valence-electron chi connectivity index (χ4n) is 3.52. The molecule has 2 atom stereocenters. The topological polar surface area (TPSA) is 160 Å². The predicted molar refractivity (Wildman–Crippen MR) is 131 cm³/mol. The zero-order valence-electron chi connectivity index (χ0n) is 21.1. The first-order chi connectivity index (χ1) is 17.8. The van der Waals surface area contributed by atoms with Crippen molar-refractivity contribution in [2.75, 3.05) is 16.2 Å². The highest BCUT2D eigenvalue weighted by Crippen LogP contribution is 2.41. The van der Waals surface area contributed by atoms with Gasteiger partial charge in [-0.25, -0.2) is 18.0 Å². The number of alkyl halides is 3.